The highest BCUT2D eigenvalue weighted by atomic mass is 19.1. The molecule has 0 spiro atoms. The van der Waals surface area contributed by atoms with E-state index in [0.717, 1.165) is 18.2 Å². The van der Waals surface area contributed by atoms with E-state index in [-0.39, 0.29) is 11.4 Å². The lowest BCUT2D eigenvalue weighted by Crippen LogP contribution is -2.00. The highest BCUT2D eigenvalue weighted by molar-refractivity contribution is 5.58. The second-order valence-electron chi connectivity index (χ2n) is 3.28. The van der Waals surface area contributed by atoms with Crippen LogP contribution in [0.5, 0.6) is 0 Å². The summed E-state index contributed by atoms with van der Waals surface area (Å²) in [5.41, 5.74) is 0.0940. The van der Waals surface area contributed by atoms with E-state index in [9.17, 15) is 8.78 Å². The fraction of sp³-hybridized carbons (Fsp3) is 0.200. The normalized spacial score (nSPS) is 10.5. The quantitative estimate of drug-likeness (QED) is 0.845. The predicted molar refractivity (Wildman–Crippen MR) is 55.9 cm³/mol. The molecule has 16 heavy (non-hydrogen) atoms. The van der Waals surface area contributed by atoms with Gasteiger partial charge < -0.3 is 5.32 Å². The standard InChI is InChI=1S/C10H10F2N4/c1-13-10-15-14-9(16(10)2)7-5-6(11)3-4-8(7)12/h3-5H,1-2H3,(H,13,15). The van der Waals surface area contributed by atoms with E-state index in [0.29, 0.717) is 5.95 Å². The lowest BCUT2D eigenvalue weighted by molar-refractivity contribution is 0.601. The Labute approximate surface area is 90.9 Å². The third kappa shape index (κ3) is 1.62. The molecule has 1 N–H and O–H groups in total. The summed E-state index contributed by atoms with van der Waals surface area (Å²) in [4.78, 5) is 0. The minimum absolute atomic E-state index is 0.0940. The third-order valence-corrected chi connectivity index (χ3v) is 2.27. The van der Waals surface area contributed by atoms with Crippen LogP contribution in [0.1, 0.15) is 0 Å². The van der Waals surface area contributed by atoms with Crippen LogP contribution in [0.4, 0.5) is 14.7 Å². The van der Waals surface area contributed by atoms with Crippen LogP contribution < -0.4 is 5.32 Å². The summed E-state index contributed by atoms with van der Waals surface area (Å²) in [5, 5.41) is 10.4. The number of benzene rings is 1. The van der Waals surface area contributed by atoms with Crippen molar-refractivity contribution in [2.45, 2.75) is 0 Å². The molecule has 0 saturated carbocycles. The van der Waals surface area contributed by atoms with Crippen molar-refractivity contribution in [2.75, 3.05) is 12.4 Å². The zero-order valence-electron chi connectivity index (χ0n) is 8.83. The molecule has 1 aromatic carbocycles. The molecule has 0 atom stereocenters. The van der Waals surface area contributed by atoms with Gasteiger partial charge in [0, 0.05) is 14.1 Å². The molecule has 0 bridgehead atoms. The molecular formula is C10H10F2N4. The summed E-state index contributed by atoms with van der Waals surface area (Å²) >= 11 is 0. The van der Waals surface area contributed by atoms with E-state index in [2.05, 4.69) is 15.5 Å². The molecule has 0 unspecified atom stereocenters. The van der Waals surface area contributed by atoms with Crippen LogP contribution in [0.3, 0.4) is 0 Å². The van der Waals surface area contributed by atoms with Gasteiger partial charge in [-0.05, 0) is 18.2 Å². The predicted octanol–water partition coefficient (Wildman–Crippen LogP) is 1.80. The van der Waals surface area contributed by atoms with E-state index >= 15 is 0 Å². The second kappa shape index (κ2) is 3.88. The van der Waals surface area contributed by atoms with Crippen LogP contribution in [0.25, 0.3) is 11.4 Å². The largest absolute Gasteiger partial charge is 0.357 e. The molecule has 0 radical (unpaired) electrons. The minimum atomic E-state index is -0.528. The first-order valence-electron chi connectivity index (χ1n) is 4.66. The van der Waals surface area contributed by atoms with Gasteiger partial charge in [-0.3, -0.25) is 4.57 Å². The summed E-state index contributed by atoms with van der Waals surface area (Å²) in [6, 6.07) is 3.23. The van der Waals surface area contributed by atoms with Crippen LogP contribution in [0.15, 0.2) is 18.2 Å². The molecule has 4 nitrogen and oxygen atoms in total. The van der Waals surface area contributed by atoms with E-state index in [1.165, 1.54) is 0 Å². The van der Waals surface area contributed by atoms with Gasteiger partial charge in [0.05, 0.1) is 5.56 Å². The Morgan fingerprint density at radius 3 is 2.62 bits per heavy atom. The van der Waals surface area contributed by atoms with Crippen LogP contribution in [0, 0.1) is 11.6 Å². The fourth-order valence-electron chi connectivity index (χ4n) is 1.45. The zero-order valence-corrected chi connectivity index (χ0v) is 8.83. The van der Waals surface area contributed by atoms with E-state index in [1.807, 2.05) is 0 Å². The molecule has 0 aliphatic rings. The van der Waals surface area contributed by atoms with Gasteiger partial charge >= 0.3 is 0 Å². The van der Waals surface area contributed by atoms with Crippen molar-refractivity contribution in [3.8, 4) is 11.4 Å². The molecular weight excluding hydrogens is 214 g/mol. The third-order valence-electron chi connectivity index (χ3n) is 2.27. The van der Waals surface area contributed by atoms with E-state index in [4.69, 9.17) is 0 Å². The molecule has 0 aliphatic heterocycles. The summed E-state index contributed by atoms with van der Waals surface area (Å²) in [6.07, 6.45) is 0. The van der Waals surface area contributed by atoms with Gasteiger partial charge in [0.1, 0.15) is 11.6 Å². The maximum Gasteiger partial charge on any atom is 0.224 e. The Morgan fingerprint density at radius 1 is 1.25 bits per heavy atom. The van der Waals surface area contributed by atoms with Gasteiger partial charge in [-0.15, -0.1) is 10.2 Å². The number of hydrogen-bond acceptors (Lipinski definition) is 3. The molecule has 0 saturated heterocycles. The Hall–Kier alpha value is -1.98. The Kier molecular flexibility index (Phi) is 2.55. The monoisotopic (exact) mass is 224 g/mol. The van der Waals surface area contributed by atoms with E-state index in [1.54, 1.807) is 18.7 Å². The topological polar surface area (TPSA) is 42.7 Å². The molecule has 84 valence electrons. The van der Waals surface area contributed by atoms with Crippen molar-refractivity contribution >= 4 is 5.95 Å². The molecule has 6 heteroatoms. The van der Waals surface area contributed by atoms with Crippen LogP contribution in [0.2, 0.25) is 0 Å². The van der Waals surface area contributed by atoms with Gasteiger partial charge in [0.15, 0.2) is 5.82 Å². The van der Waals surface area contributed by atoms with Crippen LogP contribution >= 0.6 is 0 Å². The lowest BCUT2D eigenvalue weighted by Gasteiger charge is -2.04. The number of nitrogens with zero attached hydrogens (tertiary/aromatic N) is 3. The van der Waals surface area contributed by atoms with Crippen molar-refractivity contribution in [1.29, 1.82) is 0 Å². The van der Waals surface area contributed by atoms with Crippen molar-refractivity contribution in [2.24, 2.45) is 7.05 Å². The molecule has 2 rings (SSSR count). The minimum Gasteiger partial charge on any atom is -0.357 e. The van der Waals surface area contributed by atoms with Crippen LogP contribution in [-0.2, 0) is 7.05 Å². The number of anilines is 1. The molecule has 0 fully saturated rings. The average molecular weight is 224 g/mol. The number of nitrogens with one attached hydrogen (secondary N) is 1. The fourth-order valence-corrected chi connectivity index (χ4v) is 1.45. The summed E-state index contributed by atoms with van der Waals surface area (Å²) < 4.78 is 28.0. The second-order valence-corrected chi connectivity index (χ2v) is 3.28. The first-order valence-corrected chi connectivity index (χ1v) is 4.66. The number of aromatic nitrogens is 3. The summed E-state index contributed by atoms with van der Waals surface area (Å²) in [7, 11) is 3.35. The lowest BCUT2D eigenvalue weighted by atomic mass is 10.2. The highest BCUT2D eigenvalue weighted by Crippen LogP contribution is 2.23. The molecule has 0 aliphatic carbocycles. The van der Waals surface area contributed by atoms with Gasteiger partial charge in [-0.1, -0.05) is 0 Å². The van der Waals surface area contributed by atoms with Gasteiger partial charge in [-0.25, -0.2) is 8.78 Å². The molecule has 1 aromatic heterocycles. The number of halogens is 2. The average Bonchev–Trinajstić information content (AvgIpc) is 2.63. The number of hydrogen-bond donors (Lipinski definition) is 1. The van der Waals surface area contributed by atoms with Crippen LogP contribution in [-0.4, -0.2) is 21.8 Å². The first-order chi connectivity index (χ1) is 7.63. The molecule has 0 amide bonds. The van der Waals surface area contributed by atoms with E-state index < -0.39 is 11.6 Å². The van der Waals surface area contributed by atoms with Crippen molar-refractivity contribution in [3.05, 3.63) is 29.8 Å². The Morgan fingerprint density at radius 2 is 2.00 bits per heavy atom. The molecule has 2 aromatic rings. The highest BCUT2D eigenvalue weighted by Gasteiger charge is 2.14. The maximum atomic E-state index is 13.5. The smallest absolute Gasteiger partial charge is 0.224 e. The van der Waals surface area contributed by atoms with Crippen molar-refractivity contribution in [3.63, 3.8) is 0 Å². The van der Waals surface area contributed by atoms with Crippen molar-refractivity contribution in [1.82, 2.24) is 14.8 Å². The zero-order chi connectivity index (χ0) is 11.7. The van der Waals surface area contributed by atoms with Crippen molar-refractivity contribution < 1.29 is 8.78 Å². The Balaban J connectivity index is 2.58. The maximum absolute atomic E-state index is 13.5. The number of rotatable bonds is 2. The summed E-state index contributed by atoms with van der Waals surface area (Å²) in [6.45, 7) is 0. The van der Waals surface area contributed by atoms with Gasteiger partial charge in [0.2, 0.25) is 5.95 Å². The van der Waals surface area contributed by atoms with Gasteiger partial charge in [-0.2, -0.15) is 0 Å². The molecule has 1 heterocycles. The SMILES string of the molecule is CNc1nnc(-c2cc(F)ccc2F)n1C. The summed E-state index contributed by atoms with van der Waals surface area (Å²) in [5.74, 6) is -0.273. The first kappa shape index (κ1) is 10.5. The Bertz CT molecular complexity index is 522. The van der Waals surface area contributed by atoms with Gasteiger partial charge in [0.25, 0.3) is 0 Å².